The number of nitrogens with zero attached hydrogens (tertiary/aromatic N) is 2. The highest BCUT2D eigenvalue weighted by Gasteiger charge is 2.12. The van der Waals surface area contributed by atoms with Gasteiger partial charge in [0.25, 0.3) is 0 Å². The van der Waals surface area contributed by atoms with Crippen molar-refractivity contribution in [2.75, 3.05) is 0 Å². The van der Waals surface area contributed by atoms with E-state index in [4.69, 9.17) is 0 Å². The van der Waals surface area contributed by atoms with Gasteiger partial charge in [-0.05, 0) is 24.0 Å². The average Bonchev–Trinajstić information content (AvgIpc) is 2.90. The molecule has 3 aromatic rings. The molecule has 0 aliphatic rings. The summed E-state index contributed by atoms with van der Waals surface area (Å²) < 4.78 is 2.17. The highest BCUT2D eigenvalue weighted by atomic mass is 15.0. The number of hydrogen-bond acceptors (Lipinski definition) is 1. The molecule has 0 saturated carbocycles. The fourth-order valence-corrected chi connectivity index (χ4v) is 2.88. The van der Waals surface area contributed by atoms with Gasteiger partial charge in [0, 0.05) is 17.3 Å². The maximum absolute atomic E-state index is 4.64. The molecule has 0 amide bonds. The first-order valence-electron chi connectivity index (χ1n) is 7.67. The van der Waals surface area contributed by atoms with Gasteiger partial charge in [0.05, 0.1) is 11.7 Å². The van der Waals surface area contributed by atoms with Gasteiger partial charge in [-0.3, -0.25) is 4.40 Å². The quantitative estimate of drug-likeness (QED) is 0.613. The second-order valence-electron chi connectivity index (χ2n) is 6.82. The molecular weight excluding hydrogens is 268 g/mol. The van der Waals surface area contributed by atoms with E-state index in [1.54, 1.807) is 0 Å². The molecule has 2 heteroatoms. The summed E-state index contributed by atoms with van der Waals surface area (Å²) in [6.07, 6.45) is 6.37. The Morgan fingerprint density at radius 1 is 1.05 bits per heavy atom. The fraction of sp³-hybridized carbons (Fsp3) is 0.250. The van der Waals surface area contributed by atoms with Gasteiger partial charge in [-0.2, -0.15) is 0 Å². The number of allylic oxidation sites excluding steroid dienone is 2. The SMILES string of the molecule is C/C(=C\C(C)(C)C)c1cccn2c(-c3ccccc3)ncc12. The monoisotopic (exact) mass is 290 g/mol. The molecular formula is C20H22N2. The second kappa shape index (κ2) is 5.45. The van der Waals surface area contributed by atoms with Crippen LogP contribution in [0.2, 0.25) is 0 Å². The summed E-state index contributed by atoms with van der Waals surface area (Å²) in [7, 11) is 0. The molecule has 0 aliphatic carbocycles. The van der Waals surface area contributed by atoms with Gasteiger partial charge >= 0.3 is 0 Å². The molecule has 2 aromatic heterocycles. The molecule has 2 nitrogen and oxygen atoms in total. The van der Waals surface area contributed by atoms with Gasteiger partial charge < -0.3 is 0 Å². The van der Waals surface area contributed by atoms with Crippen LogP contribution in [0.1, 0.15) is 33.3 Å². The Morgan fingerprint density at radius 2 is 1.77 bits per heavy atom. The number of rotatable bonds is 2. The van der Waals surface area contributed by atoms with E-state index in [-0.39, 0.29) is 5.41 Å². The average molecular weight is 290 g/mol. The first kappa shape index (κ1) is 14.6. The molecule has 0 fully saturated rings. The lowest BCUT2D eigenvalue weighted by atomic mass is 9.91. The molecule has 0 aliphatic heterocycles. The Balaban J connectivity index is 2.17. The Bertz CT molecular complexity index is 818. The zero-order valence-corrected chi connectivity index (χ0v) is 13.7. The van der Waals surface area contributed by atoms with Crippen LogP contribution in [0.15, 0.2) is 60.9 Å². The number of hydrogen-bond donors (Lipinski definition) is 0. The Labute approximate surface area is 132 Å². The number of aromatic nitrogens is 2. The number of imidazole rings is 1. The van der Waals surface area contributed by atoms with Crippen LogP contribution in [0, 0.1) is 5.41 Å². The van der Waals surface area contributed by atoms with Crippen molar-refractivity contribution in [2.45, 2.75) is 27.7 Å². The van der Waals surface area contributed by atoms with Gasteiger partial charge in [-0.1, -0.05) is 63.2 Å². The van der Waals surface area contributed by atoms with E-state index < -0.39 is 0 Å². The van der Waals surface area contributed by atoms with E-state index in [9.17, 15) is 0 Å². The van der Waals surface area contributed by atoms with E-state index in [2.05, 4.69) is 73.6 Å². The van der Waals surface area contributed by atoms with E-state index in [0.29, 0.717) is 0 Å². The molecule has 1 aromatic carbocycles. The van der Waals surface area contributed by atoms with Crippen molar-refractivity contribution in [3.05, 3.63) is 66.5 Å². The molecule has 0 spiro atoms. The molecule has 0 bridgehead atoms. The first-order valence-corrected chi connectivity index (χ1v) is 7.67. The van der Waals surface area contributed by atoms with Gasteiger partial charge in [-0.25, -0.2) is 4.98 Å². The maximum Gasteiger partial charge on any atom is 0.144 e. The van der Waals surface area contributed by atoms with Crippen molar-refractivity contribution < 1.29 is 0 Å². The highest BCUT2D eigenvalue weighted by Crippen LogP contribution is 2.28. The minimum atomic E-state index is 0.166. The number of benzene rings is 1. The predicted molar refractivity (Wildman–Crippen MR) is 93.7 cm³/mol. The van der Waals surface area contributed by atoms with Crippen LogP contribution in [-0.4, -0.2) is 9.38 Å². The molecule has 112 valence electrons. The van der Waals surface area contributed by atoms with Crippen molar-refractivity contribution in [1.29, 1.82) is 0 Å². The van der Waals surface area contributed by atoms with Crippen molar-refractivity contribution in [1.82, 2.24) is 9.38 Å². The molecule has 0 saturated heterocycles. The normalized spacial score (nSPS) is 12.8. The zero-order valence-electron chi connectivity index (χ0n) is 13.7. The maximum atomic E-state index is 4.64. The van der Waals surface area contributed by atoms with Crippen LogP contribution >= 0.6 is 0 Å². The van der Waals surface area contributed by atoms with Crippen LogP contribution in [0.3, 0.4) is 0 Å². The van der Waals surface area contributed by atoms with Crippen molar-refractivity contribution >= 4 is 11.1 Å². The largest absolute Gasteiger partial charge is 0.299 e. The van der Waals surface area contributed by atoms with E-state index >= 15 is 0 Å². The molecule has 0 unspecified atom stereocenters. The summed E-state index contributed by atoms with van der Waals surface area (Å²) in [5, 5.41) is 0. The predicted octanol–water partition coefficient (Wildman–Crippen LogP) is 5.45. The fourth-order valence-electron chi connectivity index (χ4n) is 2.88. The summed E-state index contributed by atoms with van der Waals surface area (Å²) >= 11 is 0. The summed E-state index contributed by atoms with van der Waals surface area (Å²) in [6.45, 7) is 8.85. The van der Waals surface area contributed by atoms with E-state index in [1.807, 2.05) is 24.4 Å². The van der Waals surface area contributed by atoms with Crippen LogP contribution in [0.25, 0.3) is 22.5 Å². The molecule has 0 radical (unpaired) electrons. The molecule has 0 N–H and O–H groups in total. The summed E-state index contributed by atoms with van der Waals surface area (Å²) in [6, 6.07) is 14.6. The third-order valence-electron chi connectivity index (χ3n) is 3.68. The Hall–Kier alpha value is -2.35. The topological polar surface area (TPSA) is 17.3 Å². The lowest BCUT2D eigenvalue weighted by Gasteiger charge is -2.15. The highest BCUT2D eigenvalue weighted by molar-refractivity contribution is 5.79. The molecule has 2 heterocycles. The van der Waals surface area contributed by atoms with Crippen LogP contribution < -0.4 is 0 Å². The van der Waals surface area contributed by atoms with Gasteiger partial charge in [0.2, 0.25) is 0 Å². The Kier molecular flexibility index (Phi) is 3.61. The van der Waals surface area contributed by atoms with Crippen LogP contribution in [0.4, 0.5) is 0 Å². The molecule has 0 atom stereocenters. The molecule has 3 rings (SSSR count). The van der Waals surface area contributed by atoms with Gasteiger partial charge in [-0.15, -0.1) is 0 Å². The lowest BCUT2D eigenvalue weighted by Crippen LogP contribution is -2.01. The number of fused-ring (bicyclic) bond motifs is 1. The van der Waals surface area contributed by atoms with Gasteiger partial charge in [0.1, 0.15) is 5.82 Å². The van der Waals surface area contributed by atoms with Gasteiger partial charge in [0.15, 0.2) is 0 Å². The summed E-state index contributed by atoms with van der Waals surface area (Å²) in [5.74, 6) is 0.987. The number of pyridine rings is 1. The van der Waals surface area contributed by atoms with Crippen LogP contribution in [-0.2, 0) is 0 Å². The van der Waals surface area contributed by atoms with Crippen molar-refractivity contribution in [3.63, 3.8) is 0 Å². The summed E-state index contributed by atoms with van der Waals surface area (Å²) in [5.41, 5.74) is 4.99. The Morgan fingerprint density at radius 3 is 2.45 bits per heavy atom. The first-order chi connectivity index (χ1) is 10.5. The minimum Gasteiger partial charge on any atom is -0.299 e. The molecule has 22 heavy (non-hydrogen) atoms. The zero-order chi connectivity index (χ0) is 15.7. The third-order valence-corrected chi connectivity index (χ3v) is 3.68. The van der Waals surface area contributed by atoms with E-state index in [1.165, 1.54) is 11.1 Å². The smallest absolute Gasteiger partial charge is 0.144 e. The van der Waals surface area contributed by atoms with E-state index in [0.717, 1.165) is 16.9 Å². The van der Waals surface area contributed by atoms with Crippen molar-refractivity contribution in [2.24, 2.45) is 5.41 Å². The van der Waals surface area contributed by atoms with Crippen molar-refractivity contribution in [3.8, 4) is 11.4 Å². The summed E-state index contributed by atoms with van der Waals surface area (Å²) in [4.78, 5) is 4.64. The minimum absolute atomic E-state index is 0.166. The van der Waals surface area contributed by atoms with Crippen LogP contribution in [0.5, 0.6) is 0 Å². The standard InChI is InChI=1S/C20H22N2/c1-15(13-20(2,3)4)17-11-8-12-22-18(17)14-21-19(22)16-9-6-5-7-10-16/h5-14H,1-4H3/b15-13+. The second-order valence-corrected chi connectivity index (χ2v) is 6.82. The third kappa shape index (κ3) is 2.82. The lowest BCUT2D eigenvalue weighted by molar-refractivity contribution is 0.545.